The van der Waals surface area contributed by atoms with E-state index in [-0.39, 0.29) is 17.7 Å². The van der Waals surface area contributed by atoms with Gasteiger partial charge in [-0.15, -0.1) is 0 Å². The summed E-state index contributed by atoms with van der Waals surface area (Å²) >= 11 is 0. The Morgan fingerprint density at radius 1 is 1.00 bits per heavy atom. The summed E-state index contributed by atoms with van der Waals surface area (Å²) in [6.45, 7) is 4.75. The highest BCUT2D eigenvalue weighted by molar-refractivity contribution is 5.86. The molecule has 0 aliphatic rings. The van der Waals surface area contributed by atoms with Crippen LogP contribution in [-0.4, -0.2) is 38.8 Å². The normalized spacial score (nSPS) is 11.3. The third kappa shape index (κ3) is 4.47. The van der Waals surface area contributed by atoms with Crippen LogP contribution in [0.3, 0.4) is 0 Å². The second-order valence-electron chi connectivity index (χ2n) is 7.64. The maximum Gasteiger partial charge on any atom is 0.224 e. The van der Waals surface area contributed by atoms with Crippen LogP contribution in [0.2, 0.25) is 0 Å². The van der Waals surface area contributed by atoms with E-state index in [1.165, 1.54) is 0 Å². The monoisotopic (exact) mass is 396 g/mol. The molecule has 1 amide bonds. The van der Waals surface area contributed by atoms with Gasteiger partial charge >= 0.3 is 0 Å². The lowest BCUT2D eigenvalue weighted by Crippen LogP contribution is -2.37. The van der Waals surface area contributed by atoms with Crippen LogP contribution in [0.1, 0.15) is 25.0 Å². The SMILES string of the molecule is COc1ccc2[nH]cc(C(C)(C)CNC(=O)Cc3ccc(OC)c(OC)c3)c2c1. The number of nitrogens with one attached hydrogen (secondary N) is 2. The number of methoxy groups -OCH3 is 3. The number of amides is 1. The Hall–Kier alpha value is -3.15. The van der Waals surface area contributed by atoms with Crippen LogP contribution >= 0.6 is 0 Å². The first-order chi connectivity index (χ1) is 13.9. The van der Waals surface area contributed by atoms with Crippen LogP contribution in [0, 0.1) is 0 Å². The van der Waals surface area contributed by atoms with Gasteiger partial charge in [0.2, 0.25) is 5.91 Å². The number of fused-ring (bicyclic) bond motifs is 1. The van der Waals surface area contributed by atoms with Gasteiger partial charge in [-0.05, 0) is 41.5 Å². The molecule has 3 aromatic rings. The molecule has 2 N–H and O–H groups in total. The summed E-state index contributed by atoms with van der Waals surface area (Å²) in [6.07, 6.45) is 2.28. The second kappa shape index (κ2) is 8.47. The molecular formula is C23H28N2O4. The molecule has 3 rings (SSSR count). The van der Waals surface area contributed by atoms with Gasteiger partial charge in [-0.2, -0.15) is 0 Å². The molecule has 0 radical (unpaired) electrons. The Labute approximate surface area is 171 Å². The molecule has 0 aliphatic carbocycles. The van der Waals surface area contributed by atoms with E-state index in [2.05, 4.69) is 24.1 Å². The molecule has 29 heavy (non-hydrogen) atoms. The lowest BCUT2D eigenvalue weighted by molar-refractivity contribution is -0.120. The Bertz CT molecular complexity index is 1010. The van der Waals surface area contributed by atoms with Crippen LogP contribution in [0.25, 0.3) is 10.9 Å². The van der Waals surface area contributed by atoms with E-state index >= 15 is 0 Å². The zero-order valence-corrected chi connectivity index (χ0v) is 17.6. The van der Waals surface area contributed by atoms with E-state index in [1.54, 1.807) is 21.3 Å². The minimum atomic E-state index is -0.252. The molecule has 0 saturated carbocycles. The molecule has 0 aliphatic heterocycles. The Balaban J connectivity index is 1.69. The lowest BCUT2D eigenvalue weighted by Gasteiger charge is -2.25. The fraction of sp³-hybridized carbons (Fsp3) is 0.348. The molecule has 2 aromatic carbocycles. The molecule has 154 valence electrons. The summed E-state index contributed by atoms with van der Waals surface area (Å²) in [5, 5.41) is 4.16. The maximum absolute atomic E-state index is 12.5. The van der Waals surface area contributed by atoms with Crippen molar-refractivity contribution in [2.75, 3.05) is 27.9 Å². The zero-order valence-electron chi connectivity index (χ0n) is 17.6. The summed E-state index contributed by atoms with van der Waals surface area (Å²) in [5.74, 6) is 2.03. The number of ether oxygens (including phenoxy) is 3. The van der Waals surface area contributed by atoms with Crippen LogP contribution in [0.5, 0.6) is 17.2 Å². The number of carbonyl (C=O) groups is 1. The third-order valence-electron chi connectivity index (χ3n) is 5.16. The van der Waals surface area contributed by atoms with Crippen molar-refractivity contribution < 1.29 is 19.0 Å². The largest absolute Gasteiger partial charge is 0.497 e. The van der Waals surface area contributed by atoms with Gasteiger partial charge in [0, 0.05) is 29.1 Å². The highest BCUT2D eigenvalue weighted by atomic mass is 16.5. The molecule has 0 unspecified atom stereocenters. The van der Waals surface area contributed by atoms with E-state index < -0.39 is 0 Å². The number of benzene rings is 2. The average molecular weight is 396 g/mol. The van der Waals surface area contributed by atoms with Gasteiger partial charge in [0.25, 0.3) is 0 Å². The molecule has 0 bridgehead atoms. The highest BCUT2D eigenvalue weighted by Crippen LogP contribution is 2.32. The van der Waals surface area contributed by atoms with E-state index in [1.807, 2.05) is 42.6 Å². The fourth-order valence-electron chi connectivity index (χ4n) is 3.44. The zero-order chi connectivity index (χ0) is 21.0. The molecule has 1 aromatic heterocycles. The van der Waals surface area contributed by atoms with Crippen molar-refractivity contribution in [3.63, 3.8) is 0 Å². The molecule has 0 atom stereocenters. The van der Waals surface area contributed by atoms with Crippen molar-refractivity contribution in [1.82, 2.24) is 10.3 Å². The predicted molar refractivity (Wildman–Crippen MR) is 114 cm³/mol. The average Bonchev–Trinajstić information content (AvgIpc) is 3.16. The molecule has 1 heterocycles. The van der Waals surface area contributed by atoms with Crippen LogP contribution in [0.15, 0.2) is 42.6 Å². The van der Waals surface area contributed by atoms with E-state index in [4.69, 9.17) is 14.2 Å². The number of rotatable bonds is 8. The summed E-state index contributed by atoms with van der Waals surface area (Å²) in [7, 11) is 4.83. The topological polar surface area (TPSA) is 72.6 Å². The van der Waals surface area contributed by atoms with Crippen LogP contribution in [-0.2, 0) is 16.6 Å². The van der Waals surface area contributed by atoms with Gasteiger partial charge in [-0.3, -0.25) is 4.79 Å². The predicted octanol–water partition coefficient (Wildman–Crippen LogP) is 3.83. The highest BCUT2D eigenvalue weighted by Gasteiger charge is 2.25. The van der Waals surface area contributed by atoms with Gasteiger partial charge in [-0.25, -0.2) is 0 Å². The van der Waals surface area contributed by atoms with Crippen molar-refractivity contribution in [1.29, 1.82) is 0 Å². The summed E-state index contributed by atoms with van der Waals surface area (Å²) in [4.78, 5) is 15.8. The number of aromatic amines is 1. The standard InChI is InChI=1S/C23H28N2O4/c1-23(2,18-13-24-19-8-7-16(27-3)12-17(18)19)14-25-22(26)11-15-6-9-20(28-4)21(10-15)29-5/h6-10,12-13,24H,11,14H2,1-5H3,(H,25,26). The number of aromatic nitrogens is 1. The van der Waals surface area contributed by atoms with Gasteiger partial charge in [0.1, 0.15) is 5.75 Å². The van der Waals surface area contributed by atoms with E-state index in [0.29, 0.717) is 18.0 Å². The van der Waals surface area contributed by atoms with E-state index in [9.17, 15) is 4.79 Å². The van der Waals surface area contributed by atoms with Gasteiger partial charge < -0.3 is 24.5 Å². The smallest absolute Gasteiger partial charge is 0.224 e. The summed E-state index contributed by atoms with van der Waals surface area (Å²) in [5.41, 5.74) is 2.80. The van der Waals surface area contributed by atoms with Crippen molar-refractivity contribution in [2.45, 2.75) is 25.7 Å². The first kappa shape index (κ1) is 20.6. The van der Waals surface area contributed by atoms with Crippen molar-refractivity contribution in [2.24, 2.45) is 0 Å². The lowest BCUT2D eigenvalue weighted by atomic mass is 9.84. The number of carbonyl (C=O) groups excluding carboxylic acids is 1. The molecular weight excluding hydrogens is 368 g/mol. The van der Waals surface area contributed by atoms with Crippen molar-refractivity contribution in [3.8, 4) is 17.2 Å². The van der Waals surface area contributed by atoms with E-state index in [0.717, 1.165) is 27.8 Å². The Kier molecular flexibility index (Phi) is 6.01. The first-order valence-electron chi connectivity index (χ1n) is 9.51. The molecule has 0 saturated heterocycles. The molecule has 6 heteroatoms. The number of hydrogen-bond donors (Lipinski definition) is 2. The molecule has 6 nitrogen and oxygen atoms in total. The quantitative estimate of drug-likeness (QED) is 0.607. The maximum atomic E-state index is 12.5. The number of H-pyrrole nitrogens is 1. The summed E-state index contributed by atoms with van der Waals surface area (Å²) in [6, 6.07) is 11.5. The summed E-state index contributed by atoms with van der Waals surface area (Å²) < 4.78 is 15.9. The minimum Gasteiger partial charge on any atom is -0.497 e. The van der Waals surface area contributed by atoms with Crippen LogP contribution in [0.4, 0.5) is 0 Å². The Morgan fingerprint density at radius 2 is 1.76 bits per heavy atom. The van der Waals surface area contributed by atoms with Gasteiger partial charge in [-0.1, -0.05) is 19.9 Å². The fourth-order valence-corrected chi connectivity index (χ4v) is 3.44. The van der Waals surface area contributed by atoms with Gasteiger partial charge in [0.05, 0.1) is 27.8 Å². The second-order valence-corrected chi connectivity index (χ2v) is 7.64. The Morgan fingerprint density at radius 3 is 2.45 bits per heavy atom. The molecule has 0 spiro atoms. The number of hydrogen-bond acceptors (Lipinski definition) is 4. The first-order valence-corrected chi connectivity index (χ1v) is 9.51. The minimum absolute atomic E-state index is 0.0392. The van der Waals surface area contributed by atoms with Crippen molar-refractivity contribution in [3.05, 3.63) is 53.7 Å². The van der Waals surface area contributed by atoms with Crippen molar-refractivity contribution >= 4 is 16.8 Å². The third-order valence-corrected chi connectivity index (χ3v) is 5.16. The van der Waals surface area contributed by atoms with Crippen LogP contribution < -0.4 is 19.5 Å². The molecule has 0 fully saturated rings. The van der Waals surface area contributed by atoms with Gasteiger partial charge in [0.15, 0.2) is 11.5 Å².